The van der Waals surface area contributed by atoms with Gasteiger partial charge in [-0.3, -0.25) is 0 Å². The van der Waals surface area contributed by atoms with Crippen LogP contribution in [0.5, 0.6) is 5.75 Å². The van der Waals surface area contributed by atoms with Crippen molar-refractivity contribution >= 4 is 5.97 Å². The van der Waals surface area contributed by atoms with Gasteiger partial charge in [0, 0.05) is 5.92 Å². The van der Waals surface area contributed by atoms with Crippen LogP contribution in [0.25, 0.3) is 0 Å². The minimum Gasteiger partial charge on any atom is -0.494 e. The van der Waals surface area contributed by atoms with Crippen LogP contribution < -0.4 is 4.74 Å². The lowest BCUT2D eigenvalue weighted by Crippen LogP contribution is -2.44. The highest BCUT2D eigenvalue weighted by Gasteiger charge is 2.42. The number of esters is 1. The molecule has 1 rings (SSSR count). The maximum Gasteiger partial charge on any atom is 0.338 e. The molecule has 0 radical (unpaired) electrons. The molecule has 0 bridgehead atoms. The highest BCUT2D eigenvalue weighted by molar-refractivity contribution is 5.80. The predicted molar refractivity (Wildman–Crippen MR) is 82.5 cm³/mol. The van der Waals surface area contributed by atoms with Gasteiger partial charge in [0.15, 0.2) is 5.60 Å². The number of hydrogen-bond acceptors (Lipinski definition) is 4. The highest BCUT2D eigenvalue weighted by atomic mass is 16.5. The van der Waals surface area contributed by atoms with Crippen molar-refractivity contribution < 1.29 is 19.4 Å². The highest BCUT2D eigenvalue weighted by Crippen LogP contribution is 2.33. The number of carbonyl (C=O) groups is 1. The van der Waals surface area contributed by atoms with E-state index in [0.29, 0.717) is 13.0 Å². The summed E-state index contributed by atoms with van der Waals surface area (Å²) in [5, 5.41) is 10.6. The second-order valence-electron chi connectivity index (χ2n) is 5.14. The standard InChI is InChI=1S/C17H26O4/c1-5-12-21-15-10-8-14(9-11-15)13(4)17(19,6-2)16(18)20-7-3/h8-11,13,19H,5-7,12H2,1-4H3. The average Bonchev–Trinajstić information content (AvgIpc) is 2.52. The Morgan fingerprint density at radius 1 is 1.24 bits per heavy atom. The summed E-state index contributed by atoms with van der Waals surface area (Å²) in [7, 11) is 0. The number of aliphatic hydroxyl groups is 1. The van der Waals surface area contributed by atoms with Crippen molar-refractivity contribution in [3.8, 4) is 5.75 Å². The summed E-state index contributed by atoms with van der Waals surface area (Å²) >= 11 is 0. The third kappa shape index (κ3) is 4.21. The molecule has 0 saturated heterocycles. The normalized spacial score (nSPS) is 15.1. The van der Waals surface area contributed by atoms with Gasteiger partial charge in [0.1, 0.15) is 5.75 Å². The van der Waals surface area contributed by atoms with Crippen LogP contribution >= 0.6 is 0 Å². The fraction of sp³-hybridized carbons (Fsp3) is 0.588. The second-order valence-corrected chi connectivity index (χ2v) is 5.14. The molecule has 1 aromatic rings. The van der Waals surface area contributed by atoms with Crippen LogP contribution in [0.3, 0.4) is 0 Å². The summed E-state index contributed by atoms with van der Waals surface area (Å²) < 4.78 is 10.5. The summed E-state index contributed by atoms with van der Waals surface area (Å²) in [5.74, 6) is -0.114. The molecule has 0 saturated carbocycles. The van der Waals surface area contributed by atoms with Gasteiger partial charge in [-0.15, -0.1) is 0 Å². The fourth-order valence-electron chi connectivity index (χ4n) is 2.23. The zero-order chi connectivity index (χ0) is 15.9. The molecule has 4 heteroatoms. The van der Waals surface area contributed by atoms with E-state index in [1.54, 1.807) is 13.8 Å². The lowest BCUT2D eigenvalue weighted by atomic mass is 9.81. The van der Waals surface area contributed by atoms with Crippen molar-refractivity contribution in [3.63, 3.8) is 0 Å². The van der Waals surface area contributed by atoms with Gasteiger partial charge in [-0.05, 0) is 37.5 Å². The Hall–Kier alpha value is -1.55. The molecule has 1 aromatic carbocycles. The van der Waals surface area contributed by atoms with Gasteiger partial charge in [0.05, 0.1) is 13.2 Å². The van der Waals surface area contributed by atoms with Gasteiger partial charge >= 0.3 is 5.97 Å². The molecule has 0 aliphatic heterocycles. The van der Waals surface area contributed by atoms with Crippen LogP contribution in [0.1, 0.15) is 52.0 Å². The summed E-state index contributed by atoms with van der Waals surface area (Å²) in [6.45, 7) is 8.35. The SMILES string of the molecule is CCCOc1ccc(C(C)C(O)(CC)C(=O)OCC)cc1. The molecule has 0 fully saturated rings. The van der Waals surface area contributed by atoms with Crippen LogP contribution in [-0.4, -0.2) is 29.9 Å². The second kappa shape index (κ2) is 8.03. The number of benzene rings is 1. The molecule has 2 atom stereocenters. The summed E-state index contributed by atoms with van der Waals surface area (Å²) in [4.78, 5) is 12.0. The van der Waals surface area contributed by atoms with E-state index in [-0.39, 0.29) is 12.5 Å². The molecule has 1 N–H and O–H groups in total. The minimum atomic E-state index is -1.50. The van der Waals surface area contributed by atoms with Crippen LogP contribution in [0.2, 0.25) is 0 Å². The summed E-state index contributed by atoms with van der Waals surface area (Å²) in [5.41, 5.74) is -0.613. The Kier molecular flexibility index (Phi) is 6.69. The van der Waals surface area contributed by atoms with Crippen LogP contribution in [-0.2, 0) is 9.53 Å². The van der Waals surface area contributed by atoms with Crippen LogP contribution in [0.4, 0.5) is 0 Å². The smallest absolute Gasteiger partial charge is 0.338 e. The minimum absolute atomic E-state index is 0.262. The number of ether oxygens (including phenoxy) is 2. The van der Waals surface area contributed by atoms with Crippen molar-refractivity contribution in [1.29, 1.82) is 0 Å². The van der Waals surface area contributed by atoms with Gasteiger partial charge < -0.3 is 14.6 Å². The Labute approximate surface area is 127 Å². The summed E-state index contributed by atoms with van der Waals surface area (Å²) in [6, 6.07) is 7.50. The third-order valence-electron chi connectivity index (χ3n) is 3.74. The molecule has 0 amide bonds. The first kappa shape index (κ1) is 17.5. The van der Waals surface area contributed by atoms with Crippen molar-refractivity contribution in [1.82, 2.24) is 0 Å². The first-order valence-electron chi connectivity index (χ1n) is 7.61. The summed E-state index contributed by atoms with van der Waals surface area (Å²) in [6.07, 6.45) is 1.26. The van der Waals surface area contributed by atoms with E-state index in [4.69, 9.17) is 9.47 Å². The van der Waals surface area contributed by atoms with Gasteiger partial charge in [0.25, 0.3) is 0 Å². The molecule has 0 spiro atoms. The zero-order valence-electron chi connectivity index (χ0n) is 13.4. The van der Waals surface area contributed by atoms with Gasteiger partial charge in [-0.2, -0.15) is 0 Å². The van der Waals surface area contributed by atoms with Gasteiger partial charge in [-0.1, -0.05) is 32.9 Å². The predicted octanol–water partition coefficient (Wildman–Crippen LogP) is 3.28. The lowest BCUT2D eigenvalue weighted by Gasteiger charge is -2.31. The number of carbonyl (C=O) groups excluding carboxylic acids is 1. The maximum absolute atomic E-state index is 12.0. The van der Waals surface area contributed by atoms with E-state index in [1.165, 1.54) is 0 Å². The van der Waals surface area contributed by atoms with Gasteiger partial charge in [0.2, 0.25) is 0 Å². The number of hydrogen-bond donors (Lipinski definition) is 1. The Bertz CT molecular complexity index is 441. The van der Waals surface area contributed by atoms with E-state index in [2.05, 4.69) is 6.92 Å². The van der Waals surface area contributed by atoms with Gasteiger partial charge in [-0.25, -0.2) is 4.79 Å². The molecule has 0 aliphatic carbocycles. The molecule has 4 nitrogen and oxygen atoms in total. The molecule has 21 heavy (non-hydrogen) atoms. The molecule has 2 unspecified atom stereocenters. The monoisotopic (exact) mass is 294 g/mol. The van der Waals surface area contributed by atoms with Crippen molar-refractivity contribution in [2.45, 2.75) is 52.1 Å². The zero-order valence-corrected chi connectivity index (χ0v) is 13.4. The van der Waals surface area contributed by atoms with E-state index in [0.717, 1.165) is 17.7 Å². The quantitative estimate of drug-likeness (QED) is 0.748. The topological polar surface area (TPSA) is 55.8 Å². The molecule has 0 heterocycles. The Morgan fingerprint density at radius 2 is 1.86 bits per heavy atom. The molecular weight excluding hydrogens is 268 g/mol. The van der Waals surface area contributed by atoms with Crippen LogP contribution in [0.15, 0.2) is 24.3 Å². The van der Waals surface area contributed by atoms with E-state index >= 15 is 0 Å². The molecular formula is C17H26O4. The first-order valence-corrected chi connectivity index (χ1v) is 7.61. The van der Waals surface area contributed by atoms with Crippen molar-refractivity contribution in [2.75, 3.05) is 13.2 Å². The Balaban J connectivity index is 2.89. The van der Waals surface area contributed by atoms with E-state index in [9.17, 15) is 9.90 Å². The lowest BCUT2D eigenvalue weighted by molar-refractivity contribution is -0.167. The van der Waals surface area contributed by atoms with Crippen LogP contribution in [0, 0.1) is 0 Å². The fourth-order valence-corrected chi connectivity index (χ4v) is 2.23. The Morgan fingerprint density at radius 3 is 2.33 bits per heavy atom. The molecule has 0 aliphatic rings. The first-order chi connectivity index (χ1) is 9.99. The van der Waals surface area contributed by atoms with E-state index < -0.39 is 11.6 Å². The number of rotatable bonds is 8. The van der Waals surface area contributed by atoms with E-state index in [1.807, 2.05) is 31.2 Å². The van der Waals surface area contributed by atoms with Crippen molar-refractivity contribution in [3.05, 3.63) is 29.8 Å². The average molecular weight is 294 g/mol. The molecule has 0 aromatic heterocycles. The largest absolute Gasteiger partial charge is 0.494 e. The van der Waals surface area contributed by atoms with Crippen molar-refractivity contribution in [2.24, 2.45) is 0 Å². The molecule has 118 valence electrons. The maximum atomic E-state index is 12.0. The third-order valence-corrected chi connectivity index (χ3v) is 3.74.